The molecule has 0 amide bonds. The van der Waals surface area contributed by atoms with Gasteiger partial charge in [0.1, 0.15) is 6.54 Å². The summed E-state index contributed by atoms with van der Waals surface area (Å²) in [5.74, 6) is -8.09. The van der Waals surface area contributed by atoms with E-state index in [1.807, 2.05) is 0 Å². The van der Waals surface area contributed by atoms with Crippen LogP contribution in [0.15, 0.2) is 12.4 Å². The standard InChI is InChI=1S/C21H34N4O10/c1-2-3-15(19(20(32)33)21(34)35)25-10-8-23(13-17(28)29)6-4-22(12-16(26)27)5-7-24(9-11-25)14-18(30)31/h8,10,15,19H,2-7,9,11-14H2,1H3,(H,26,27)(H,28,29)(H,30,31)(H,32,33)(H,34,35)/b10-8-. The van der Waals surface area contributed by atoms with Gasteiger partial charge in [-0.05, 0) is 6.42 Å². The molecule has 0 radical (unpaired) electrons. The number of carboxylic acid groups (broad SMARTS) is 5. The molecule has 0 bridgehead atoms. The van der Waals surface area contributed by atoms with Gasteiger partial charge in [0.2, 0.25) is 0 Å². The Morgan fingerprint density at radius 2 is 1.14 bits per heavy atom. The Morgan fingerprint density at radius 1 is 0.686 bits per heavy atom. The van der Waals surface area contributed by atoms with Gasteiger partial charge in [-0.2, -0.15) is 0 Å². The molecule has 0 aromatic rings. The van der Waals surface area contributed by atoms with Crippen molar-refractivity contribution in [1.82, 2.24) is 19.6 Å². The summed E-state index contributed by atoms with van der Waals surface area (Å²) in [7, 11) is 0. The Hall–Kier alpha value is -3.39. The maximum atomic E-state index is 11.8. The Labute approximate surface area is 202 Å². The minimum atomic E-state index is -1.75. The summed E-state index contributed by atoms with van der Waals surface area (Å²) in [6, 6.07) is -0.962. The average molecular weight is 503 g/mol. The van der Waals surface area contributed by atoms with Crippen molar-refractivity contribution < 1.29 is 49.5 Å². The normalized spacial score (nSPS) is 18.3. The highest BCUT2D eigenvalue weighted by atomic mass is 16.4. The molecule has 0 fully saturated rings. The molecule has 1 atom stereocenters. The summed E-state index contributed by atoms with van der Waals surface area (Å²) >= 11 is 0. The van der Waals surface area contributed by atoms with Crippen molar-refractivity contribution in [3.8, 4) is 0 Å². The van der Waals surface area contributed by atoms with Gasteiger partial charge in [-0.15, -0.1) is 0 Å². The number of rotatable bonds is 12. The van der Waals surface area contributed by atoms with Crippen LogP contribution in [0.25, 0.3) is 0 Å². The van der Waals surface area contributed by atoms with Crippen LogP contribution in [0, 0.1) is 5.92 Å². The van der Waals surface area contributed by atoms with E-state index in [-0.39, 0.29) is 58.8 Å². The van der Waals surface area contributed by atoms with E-state index in [4.69, 9.17) is 0 Å². The van der Waals surface area contributed by atoms with Gasteiger partial charge in [-0.25, -0.2) is 0 Å². The van der Waals surface area contributed by atoms with Crippen LogP contribution in [0.1, 0.15) is 19.8 Å². The Kier molecular flexibility index (Phi) is 12.5. The molecule has 1 aliphatic rings. The zero-order valence-electron chi connectivity index (χ0n) is 19.7. The molecule has 0 aromatic carbocycles. The zero-order valence-corrected chi connectivity index (χ0v) is 19.7. The number of hydrogen-bond acceptors (Lipinski definition) is 9. The van der Waals surface area contributed by atoms with Crippen LogP contribution in [0.4, 0.5) is 0 Å². The first-order valence-electron chi connectivity index (χ1n) is 11.2. The van der Waals surface area contributed by atoms with E-state index in [1.165, 1.54) is 22.2 Å². The molecule has 14 nitrogen and oxygen atoms in total. The van der Waals surface area contributed by atoms with Gasteiger partial charge >= 0.3 is 29.8 Å². The van der Waals surface area contributed by atoms with Crippen molar-refractivity contribution in [2.75, 3.05) is 58.9 Å². The molecule has 0 saturated heterocycles. The third kappa shape index (κ3) is 11.1. The molecule has 35 heavy (non-hydrogen) atoms. The van der Waals surface area contributed by atoms with Crippen molar-refractivity contribution in [1.29, 1.82) is 0 Å². The van der Waals surface area contributed by atoms with Crippen LogP contribution in [-0.2, 0) is 24.0 Å². The van der Waals surface area contributed by atoms with Gasteiger partial charge in [-0.1, -0.05) is 13.3 Å². The van der Waals surface area contributed by atoms with Crippen LogP contribution in [0.5, 0.6) is 0 Å². The van der Waals surface area contributed by atoms with Crippen LogP contribution < -0.4 is 0 Å². The second kappa shape index (κ2) is 14.8. The minimum absolute atomic E-state index is 0.0748. The van der Waals surface area contributed by atoms with Crippen LogP contribution in [0.2, 0.25) is 0 Å². The van der Waals surface area contributed by atoms with Crippen molar-refractivity contribution in [2.45, 2.75) is 25.8 Å². The van der Waals surface area contributed by atoms with Crippen molar-refractivity contribution in [3.63, 3.8) is 0 Å². The van der Waals surface area contributed by atoms with E-state index in [9.17, 15) is 49.5 Å². The van der Waals surface area contributed by atoms with Crippen molar-refractivity contribution in [2.24, 2.45) is 5.92 Å². The lowest BCUT2D eigenvalue weighted by molar-refractivity contribution is -0.157. The summed E-state index contributed by atoms with van der Waals surface area (Å²) in [6.45, 7) is 1.62. The molecule has 198 valence electrons. The van der Waals surface area contributed by atoms with E-state index in [1.54, 1.807) is 16.7 Å². The minimum Gasteiger partial charge on any atom is -0.481 e. The van der Waals surface area contributed by atoms with Crippen LogP contribution in [0.3, 0.4) is 0 Å². The molecule has 0 aliphatic carbocycles. The largest absolute Gasteiger partial charge is 0.481 e. The lowest BCUT2D eigenvalue weighted by atomic mass is 9.94. The van der Waals surface area contributed by atoms with Gasteiger partial charge in [0, 0.05) is 51.7 Å². The van der Waals surface area contributed by atoms with E-state index in [0.717, 1.165) is 0 Å². The zero-order chi connectivity index (χ0) is 26.5. The third-order valence-corrected chi connectivity index (χ3v) is 5.56. The predicted molar refractivity (Wildman–Crippen MR) is 121 cm³/mol. The quantitative estimate of drug-likeness (QED) is 0.201. The molecule has 1 aliphatic heterocycles. The summed E-state index contributed by atoms with van der Waals surface area (Å²) in [5, 5.41) is 46.9. The van der Waals surface area contributed by atoms with Crippen LogP contribution in [-0.4, -0.2) is 140 Å². The Morgan fingerprint density at radius 3 is 1.57 bits per heavy atom. The predicted octanol–water partition coefficient (Wildman–Crippen LogP) is -1.11. The van der Waals surface area contributed by atoms with E-state index in [0.29, 0.717) is 6.42 Å². The fourth-order valence-corrected chi connectivity index (χ4v) is 3.90. The first-order chi connectivity index (χ1) is 16.4. The molecule has 0 saturated carbocycles. The average Bonchev–Trinajstić information content (AvgIpc) is 2.72. The summed E-state index contributed by atoms with van der Waals surface area (Å²) < 4.78 is 0. The lowest BCUT2D eigenvalue weighted by Crippen LogP contribution is -2.49. The number of carboxylic acids is 5. The second-order valence-corrected chi connectivity index (χ2v) is 8.25. The smallest absolute Gasteiger partial charge is 0.323 e. The van der Waals surface area contributed by atoms with Gasteiger partial charge < -0.3 is 35.3 Å². The fourth-order valence-electron chi connectivity index (χ4n) is 3.90. The monoisotopic (exact) mass is 502 g/mol. The van der Waals surface area contributed by atoms with Crippen molar-refractivity contribution >= 4 is 29.8 Å². The Bertz CT molecular complexity index is 776. The SMILES string of the molecule is CCCC(C(C(=O)O)C(=O)O)N1/C=C\N(CC(=O)O)CCN(CC(=O)O)CCN(CC(=O)O)CC1. The van der Waals surface area contributed by atoms with Crippen molar-refractivity contribution in [3.05, 3.63) is 12.4 Å². The number of carbonyl (C=O) groups is 5. The summed E-state index contributed by atoms with van der Waals surface area (Å²) in [6.07, 6.45) is 3.55. The first-order valence-corrected chi connectivity index (χ1v) is 11.2. The maximum absolute atomic E-state index is 11.8. The molecule has 1 unspecified atom stereocenters. The highest BCUT2D eigenvalue weighted by Crippen LogP contribution is 2.19. The molecule has 0 spiro atoms. The second-order valence-electron chi connectivity index (χ2n) is 8.25. The van der Waals surface area contributed by atoms with Crippen LogP contribution >= 0.6 is 0 Å². The van der Waals surface area contributed by atoms with Gasteiger partial charge in [0.05, 0.1) is 19.1 Å². The molecular weight excluding hydrogens is 468 g/mol. The summed E-state index contributed by atoms with van der Waals surface area (Å²) in [4.78, 5) is 63.5. The number of nitrogens with zero attached hydrogens (tertiary/aromatic N) is 4. The molecular formula is C21H34N4O10. The van der Waals surface area contributed by atoms with E-state index < -0.39 is 48.4 Å². The molecule has 1 rings (SSSR count). The van der Waals surface area contributed by atoms with Gasteiger partial charge in [0.15, 0.2) is 5.92 Å². The number of aliphatic carboxylic acids is 5. The van der Waals surface area contributed by atoms with Gasteiger partial charge in [-0.3, -0.25) is 33.8 Å². The first kappa shape index (κ1) is 29.6. The molecule has 14 heteroatoms. The maximum Gasteiger partial charge on any atom is 0.323 e. The van der Waals surface area contributed by atoms with Gasteiger partial charge in [0.25, 0.3) is 0 Å². The molecule has 5 N–H and O–H groups in total. The molecule has 1 heterocycles. The highest BCUT2D eigenvalue weighted by Gasteiger charge is 2.37. The molecule has 0 aromatic heterocycles. The summed E-state index contributed by atoms with van der Waals surface area (Å²) in [5.41, 5.74) is 0. The third-order valence-electron chi connectivity index (χ3n) is 5.56. The van der Waals surface area contributed by atoms with E-state index in [2.05, 4.69) is 0 Å². The van der Waals surface area contributed by atoms with E-state index >= 15 is 0 Å². The number of hydrogen-bond donors (Lipinski definition) is 5. The topological polar surface area (TPSA) is 199 Å². The lowest BCUT2D eigenvalue weighted by Gasteiger charge is -2.36. The fraction of sp³-hybridized carbons (Fsp3) is 0.667. The Balaban J connectivity index is 3.38. The highest BCUT2D eigenvalue weighted by molar-refractivity contribution is 5.93.